The number of ether oxygens (including phenoxy) is 1. The minimum atomic E-state index is -0.454. The van der Waals surface area contributed by atoms with Gasteiger partial charge in [-0.3, -0.25) is 4.79 Å². The highest BCUT2D eigenvalue weighted by atomic mass is 35.5. The van der Waals surface area contributed by atoms with E-state index in [1.54, 1.807) is 0 Å². The monoisotopic (exact) mass is 152 g/mol. The lowest BCUT2D eigenvalue weighted by Crippen LogP contribution is -2.02. The van der Waals surface area contributed by atoms with Crippen LogP contribution in [0, 0.1) is 0 Å². The SMILES string of the molecule is CCOCCC(=O)OCl. The molecule has 0 saturated heterocycles. The van der Waals surface area contributed by atoms with E-state index in [1.807, 2.05) is 6.92 Å². The van der Waals surface area contributed by atoms with E-state index in [1.165, 1.54) is 0 Å². The molecular weight excluding hydrogens is 144 g/mol. The molecule has 0 aliphatic heterocycles. The van der Waals surface area contributed by atoms with E-state index in [0.717, 1.165) is 0 Å². The fraction of sp³-hybridized carbons (Fsp3) is 0.800. The van der Waals surface area contributed by atoms with Gasteiger partial charge in [0.25, 0.3) is 0 Å². The Balaban J connectivity index is 2.97. The molecule has 54 valence electrons. The van der Waals surface area contributed by atoms with Gasteiger partial charge in [0.1, 0.15) is 11.9 Å². The van der Waals surface area contributed by atoms with Crippen LogP contribution in [0.15, 0.2) is 0 Å². The van der Waals surface area contributed by atoms with Gasteiger partial charge in [-0.15, -0.1) is 0 Å². The molecule has 0 saturated carbocycles. The van der Waals surface area contributed by atoms with Gasteiger partial charge in [-0.05, 0) is 6.92 Å². The van der Waals surface area contributed by atoms with Gasteiger partial charge in [0.05, 0.1) is 13.0 Å². The van der Waals surface area contributed by atoms with Crippen LogP contribution in [-0.2, 0) is 13.8 Å². The number of halogens is 1. The van der Waals surface area contributed by atoms with Crippen LogP contribution in [0.25, 0.3) is 0 Å². The van der Waals surface area contributed by atoms with Crippen molar-refractivity contribution in [2.45, 2.75) is 13.3 Å². The summed E-state index contributed by atoms with van der Waals surface area (Å²) >= 11 is 4.73. The molecule has 0 radical (unpaired) electrons. The first-order valence-corrected chi connectivity index (χ1v) is 3.01. The van der Waals surface area contributed by atoms with Crippen molar-refractivity contribution in [2.75, 3.05) is 13.2 Å². The summed E-state index contributed by atoms with van der Waals surface area (Å²) in [4.78, 5) is 10.3. The molecule has 0 rings (SSSR count). The molecule has 0 N–H and O–H groups in total. The molecule has 0 heterocycles. The topological polar surface area (TPSA) is 35.5 Å². The number of hydrogen-bond acceptors (Lipinski definition) is 3. The normalized spacial score (nSPS) is 9.11. The molecule has 0 amide bonds. The van der Waals surface area contributed by atoms with E-state index in [2.05, 4.69) is 4.29 Å². The van der Waals surface area contributed by atoms with Gasteiger partial charge in [0, 0.05) is 6.61 Å². The van der Waals surface area contributed by atoms with Gasteiger partial charge in [-0.2, -0.15) is 0 Å². The van der Waals surface area contributed by atoms with Crippen LogP contribution < -0.4 is 0 Å². The highest BCUT2D eigenvalue weighted by Crippen LogP contribution is 1.89. The molecule has 0 bridgehead atoms. The highest BCUT2D eigenvalue weighted by Gasteiger charge is 1.98. The molecule has 3 nitrogen and oxygen atoms in total. The number of hydrogen-bond donors (Lipinski definition) is 0. The van der Waals surface area contributed by atoms with Crippen LogP contribution in [0.2, 0.25) is 0 Å². The second-order valence-electron chi connectivity index (χ2n) is 1.40. The summed E-state index contributed by atoms with van der Waals surface area (Å²) in [6, 6.07) is 0. The fourth-order valence-electron chi connectivity index (χ4n) is 0.338. The van der Waals surface area contributed by atoms with Crippen molar-refractivity contribution in [3.05, 3.63) is 0 Å². The van der Waals surface area contributed by atoms with Gasteiger partial charge >= 0.3 is 5.97 Å². The molecule has 0 aromatic carbocycles. The lowest BCUT2D eigenvalue weighted by Gasteiger charge is -1.95. The molecule has 0 spiro atoms. The minimum absolute atomic E-state index is 0.220. The van der Waals surface area contributed by atoms with Crippen molar-refractivity contribution >= 4 is 17.8 Å². The molecule has 0 aliphatic carbocycles. The predicted octanol–water partition coefficient (Wildman–Crippen LogP) is 1.11. The maximum Gasteiger partial charge on any atom is 0.327 e. The second-order valence-corrected chi connectivity index (χ2v) is 1.55. The summed E-state index contributed by atoms with van der Waals surface area (Å²) in [5.41, 5.74) is 0. The average Bonchev–Trinajstić information content (AvgIpc) is 1.89. The Hall–Kier alpha value is -0.280. The summed E-state index contributed by atoms with van der Waals surface area (Å²) in [7, 11) is 0. The molecule has 0 fully saturated rings. The van der Waals surface area contributed by atoms with Crippen LogP contribution in [-0.4, -0.2) is 19.2 Å². The third-order valence-corrected chi connectivity index (χ3v) is 0.913. The first-order valence-electron chi connectivity index (χ1n) is 2.70. The van der Waals surface area contributed by atoms with Crippen molar-refractivity contribution in [2.24, 2.45) is 0 Å². The predicted molar refractivity (Wildman–Crippen MR) is 33.1 cm³/mol. The molecule has 0 aliphatic rings. The maximum atomic E-state index is 10.3. The third kappa shape index (κ3) is 5.59. The Morgan fingerprint density at radius 3 is 2.78 bits per heavy atom. The Bertz CT molecular complexity index is 84.3. The van der Waals surface area contributed by atoms with E-state index in [-0.39, 0.29) is 6.42 Å². The summed E-state index contributed by atoms with van der Waals surface area (Å²) < 4.78 is 8.70. The van der Waals surface area contributed by atoms with Crippen molar-refractivity contribution in [3.63, 3.8) is 0 Å². The molecule has 0 aromatic heterocycles. The van der Waals surface area contributed by atoms with Crippen molar-refractivity contribution in [3.8, 4) is 0 Å². The van der Waals surface area contributed by atoms with Crippen molar-refractivity contribution < 1.29 is 13.8 Å². The molecule has 9 heavy (non-hydrogen) atoms. The van der Waals surface area contributed by atoms with Gasteiger partial charge in [0.2, 0.25) is 0 Å². The zero-order valence-electron chi connectivity index (χ0n) is 5.22. The molecule has 0 atom stereocenters. The quantitative estimate of drug-likeness (QED) is 0.566. The van der Waals surface area contributed by atoms with Gasteiger partial charge < -0.3 is 9.03 Å². The van der Waals surface area contributed by atoms with E-state index >= 15 is 0 Å². The van der Waals surface area contributed by atoms with Crippen molar-refractivity contribution in [1.29, 1.82) is 0 Å². The highest BCUT2D eigenvalue weighted by molar-refractivity contribution is 6.13. The number of rotatable bonds is 4. The first-order chi connectivity index (χ1) is 4.31. The van der Waals surface area contributed by atoms with Crippen LogP contribution >= 0.6 is 11.9 Å². The van der Waals surface area contributed by atoms with Crippen LogP contribution in [0.4, 0.5) is 0 Å². The number of carbonyl (C=O) groups excluding carboxylic acids is 1. The Morgan fingerprint density at radius 2 is 2.33 bits per heavy atom. The maximum absolute atomic E-state index is 10.3. The van der Waals surface area contributed by atoms with Gasteiger partial charge in [-0.25, -0.2) is 0 Å². The first kappa shape index (κ1) is 8.72. The summed E-state index contributed by atoms with van der Waals surface area (Å²) in [5.74, 6) is -0.454. The zero-order chi connectivity index (χ0) is 7.11. The van der Waals surface area contributed by atoms with E-state index in [0.29, 0.717) is 13.2 Å². The third-order valence-electron chi connectivity index (χ3n) is 0.741. The van der Waals surface area contributed by atoms with Gasteiger partial charge in [0.15, 0.2) is 0 Å². The Morgan fingerprint density at radius 1 is 1.67 bits per heavy atom. The van der Waals surface area contributed by atoms with Gasteiger partial charge in [-0.1, -0.05) is 0 Å². The zero-order valence-corrected chi connectivity index (χ0v) is 5.98. The molecule has 0 unspecified atom stereocenters. The largest absolute Gasteiger partial charge is 0.381 e. The lowest BCUT2D eigenvalue weighted by atomic mass is 10.5. The standard InChI is InChI=1S/C5H9ClO3/c1-2-8-4-3-5(7)9-6/h2-4H2,1H3. The molecule has 4 heteroatoms. The summed E-state index contributed by atoms with van der Waals surface area (Å²) in [6.07, 6.45) is 0.220. The Labute approximate surface area is 59.1 Å². The molecule has 0 aromatic rings. The fourth-order valence-corrected chi connectivity index (χ4v) is 0.416. The second kappa shape index (κ2) is 5.85. The van der Waals surface area contributed by atoms with E-state index < -0.39 is 5.97 Å². The van der Waals surface area contributed by atoms with Crippen molar-refractivity contribution in [1.82, 2.24) is 0 Å². The molecular formula is C5H9ClO3. The van der Waals surface area contributed by atoms with Crippen LogP contribution in [0.3, 0.4) is 0 Å². The smallest absolute Gasteiger partial charge is 0.327 e. The summed E-state index contributed by atoms with van der Waals surface area (Å²) in [5, 5.41) is 0. The minimum Gasteiger partial charge on any atom is -0.381 e. The van der Waals surface area contributed by atoms with Crippen LogP contribution in [0.1, 0.15) is 13.3 Å². The van der Waals surface area contributed by atoms with E-state index in [4.69, 9.17) is 16.6 Å². The average molecular weight is 153 g/mol. The Kier molecular flexibility index (Phi) is 5.67. The number of carbonyl (C=O) groups is 1. The van der Waals surface area contributed by atoms with Crippen LogP contribution in [0.5, 0.6) is 0 Å². The lowest BCUT2D eigenvalue weighted by molar-refractivity contribution is -0.135. The van der Waals surface area contributed by atoms with E-state index in [9.17, 15) is 4.79 Å². The summed E-state index contributed by atoms with van der Waals surface area (Å²) in [6.45, 7) is 2.84.